The SMILES string of the molecule is CCCCCCCCCC/C=C\CCCCCCCCCCCC(=O)NC(COP(=O)(O)OCC[N+](C)(C)C)C(O)/C=C/CCCCCCCCCCCCCCCCCCCCCCCCC. The fraction of sp³-hybridized carbons (Fsp3) is 0.915. The van der Waals surface area contributed by atoms with Crippen LogP contribution in [0.15, 0.2) is 24.3 Å². The molecular weight excluding hydrogens is 864 g/mol. The zero-order valence-electron chi connectivity index (χ0n) is 46.1. The Morgan fingerprint density at radius 3 is 1.13 bits per heavy atom. The molecule has 0 bridgehead atoms. The molecule has 0 spiro atoms. The first-order chi connectivity index (χ1) is 33.0. The number of quaternary nitrogens is 1. The van der Waals surface area contributed by atoms with Gasteiger partial charge >= 0.3 is 7.82 Å². The van der Waals surface area contributed by atoms with Crippen LogP contribution in [0.3, 0.4) is 0 Å². The van der Waals surface area contributed by atoms with Crippen molar-refractivity contribution >= 4 is 13.7 Å². The van der Waals surface area contributed by atoms with E-state index in [1.165, 1.54) is 244 Å². The van der Waals surface area contributed by atoms with Gasteiger partial charge < -0.3 is 19.8 Å². The molecular formula is C59H118N2O6P+. The van der Waals surface area contributed by atoms with E-state index in [0.29, 0.717) is 17.4 Å². The first-order valence-electron chi connectivity index (χ1n) is 29.7. The summed E-state index contributed by atoms with van der Waals surface area (Å²) in [6.07, 6.45) is 64.2. The molecule has 0 rings (SSSR count). The topological polar surface area (TPSA) is 105 Å². The zero-order valence-corrected chi connectivity index (χ0v) is 47.0. The van der Waals surface area contributed by atoms with E-state index in [1.807, 2.05) is 27.2 Å². The van der Waals surface area contributed by atoms with Crippen LogP contribution in [0.5, 0.6) is 0 Å². The number of nitrogens with one attached hydrogen (secondary N) is 1. The second-order valence-corrected chi connectivity index (χ2v) is 23.2. The molecule has 0 radical (unpaired) electrons. The lowest BCUT2D eigenvalue weighted by Gasteiger charge is -2.25. The number of rotatable bonds is 55. The Labute approximate surface area is 424 Å². The first kappa shape index (κ1) is 67.0. The average molecular weight is 983 g/mol. The Kier molecular flexibility index (Phi) is 50.1. The summed E-state index contributed by atoms with van der Waals surface area (Å²) in [5.74, 6) is -0.175. The van der Waals surface area contributed by atoms with Gasteiger partial charge in [-0.25, -0.2) is 4.57 Å². The van der Waals surface area contributed by atoms with E-state index < -0.39 is 20.0 Å². The van der Waals surface area contributed by atoms with Gasteiger partial charge in [0.2, 0.25) is 5.91 Å². The summed E-state index contributed by atoms with van der Waals surface area (Å²) >= 11 is 0. The van der Waals surface area contributed by atoms with Gasteiger partial charge in [0, 0.05) is 6.42 Å². The summed E-state index contributed by atoms with van der Waals surface area (Å²) in [7, 11) is 1.58. The summed E-state index contributed by atoms with van der Waals surface area (Å²) < 4.78 is 23.7. The molecule has 3 N–H and O–H groups in total. The highest BCUT2D eigenvalue weighted by atomic mass is 31.2. The van der Waals surface area contributed by atoms with Crippen LogP contribution in [-0.2, 0) is 18.4 Å². The lowest BCUT2D eigenvalue weighted by molar-refractivity contribution is -0.870. The molecule has 0 aliphatic rings. The number of phosphoric ester groups is 1. The van der Waals surface area contributed by atoms with Crippen LogP contribution in [-0.4, -0.2) is 73.4 Å². The Bertz CT molecular complexity index is 1160. The third kappa shape index (κ3) is 52.8. The van der Waals surface area contributed by atoms with Crippen molar-refractivity contribution in [2.24, 2.45) is 0 Å². The molecule has 8 nitrogen and oxygen atoms in total. The summed E-state index contributed by atoms with van der Waals surface area (Å²) in [6.45, 7) is 4.86. The number of amides is 1. The lowest BCUT2D eigenvalue weighted by atomic mass is 10.0. The number of allylic oxidation sites excluding steroid dienone is 3. The Balaban J connectivity index is 4.18. The average Bonchev–Trinajstić information content (AvgIpc) is 3.30. The van der Waals surface area contributed by atoms with Crippen LogP contribution in [0.4, 0.5) is 0 Å². The van der Waals surface area contributed by atoms with E-state index in [2.05, 4.69) is 31.3 Å². The van der Waals surface area contributed by atoms with E-state index in [0.717, 1.165) is 32.1 Å². The smallest absolute Gasteiger partial charge is 0.387 e. The van der Waals surface area contributed by atoms with Gasteiger partial charge in [-0.15, -0.1) is 0 Å². The van der Waals surface area contributed by atoms with Crippen molar-refractivity contribution in [2.75, 3.05) is 40.9 Å². The molecule has 0 aromatic rings. The molecule has 0 heterocycles. The number of aliphatic hydroxyl groups is 1. The van der Waals surface area contributed by atoms with Gasteiger partial charge in [-0.1, -0.05) is 269 Å². The summed E-state index contributed by atoms with van der Waals surface area (Å²) in [5, 5.41) is 14.0. The zero-order chi connectivity index (χ0) is 49.9. The Morgan fingerprint density at radius 2 is 0.794 bits per heavy atom. The third-order valence-corrected chi connectivity index (χ3v) is 14.6. The number of carbonyl (C=O) groups is 1. The van der Waals surface area contributed by atoms with Gasteiger partial charge in [0.15, 0.2) is 0 Å². The number of aliphatic hydroxyl groups excluding tert-OH is 1. The summed E-state index contributed by atoms with van der Waals surface area (Å²) in [4.78, 5) is 23.3. The van der Waals surface area contributed by atoms with Gasteiger partial charge in [-0.3, -0.25) is 13.8 Å². The quantitative estimate of drug-likeness (QED) is 0.0243. The second-order valence-electron chi connectivity index (χ2n) is 21.7. The van der Waals surface area contributed by atoms with Gasteiger partial charge in [-0.05, 0) is 44.9 Å². The Hall–Kier alpha value is -1.02. The van der Waals surface area contributed by atoms with Crippen molar-refractivity contribution in [1.82, 2.24) is 5.32 Å². The van der Waals surface area contributed by atoms with Gasteiger partial charge in [0.25, 0.3) is 0 Å². The van der Waals surface area contributed by atoms with Crippen molar-refractivity contribution in [3.05, 3.63) is 24.3 Å². The molecule has 0 aromatic heterocycles. The van der Waals surface area contributed by atoms with Crippen molar-refractivity contribution < 1.29 is 32.9 Å². The fourth-order valence-electron chi connectivity index (χ4n) is 8.98. The summed E-state index contributed by atoms with van der Waals surface area (Å²) in [5.41, 5.74) is 0. The predicted molar refractivity (Wildman–Crippen MR) is 295 cm³/mol. The van der Waals surface area contributed by atoms with Gasteiger partial charge in [-0.2, -0.15) is 0 Å². The molecule has 0 aromatic carbocycles. The molecule has 0 aliphatic heterocycles. The molecule has 404 valence electrons. The van der Waals surface area contributed by atoms with Crippen LogP contribution < -0.4 is 5.32 Å². The van der Waals surface area contributed by atoms with Crippen LogP contribution in [0.1, 0.15) is 296 Å². The molecule has 68 heavy (non-hydrogen) atoms. The second kappa shape index (κ2) is 50.9. The van der Waals surface area contributed by atoms with E-state index in [4.69, 9.17) is 9.05 Å². The van der Waals surface area contributed by atoms with Gasteiger partial charge in [0.05, 0.1) is 39.9 Å². The number of likely N-dealkylation sites (N-methyl/N-ethyl adjacent to an activating group) is 1. The normalized spacial score (nSPS) is 14.0. The predicted octanol–water partition coefficient (Wildman–Crippen LogP) is 18.0. The standard InChI is InChI=1S/C59H117N2O6P/c1-6-8-10-12-14-16-18-20-22-24-26-28-29-30-31-33-34-36-38-40-42-44-46-48-50-52-58(62)57(56-67-68(64,65)66-55-54-61(3,4)5)60-59(63)53-51-49-47-45-43-41-39-37-35-32-27-25-23-21-19-17-15-13-11-9-7-2/h25,27,50,52,57-58,62H,6-24,26,28-49,51,53-56H2,1-5H3,(H-,60,63,64,65)/p+1/b27-25-,52-50+. The number of hydrogen-bond acceptors (Lipinski definition) is 5. The number of hydrogen-bond donors (Lipinski definition) is 3. The van der Waals surface area contributed by atoms with Crippen LogP contribution >= 0.6 is 7.82 Å². The first-order valence-corrected chi connectivity index (χ1v) is 31.2. The van der Waals surface area contributed by atoms with Crippen molar-refractivity contribution in [3.63, 3.8) is 0 Å². The molecule has 0 aliphatic carbocycles. The lowest BCUT2D eigenvalue weighted by Crippen LogP contribution is -2.45. The van der Waals surface area contributed by atoms with Crippen LogP contribution in [0.2, 0.25) is 0 Å². The number of carbonyl (C=O) groups excluding carboxylic acids is 1. The minimum Gasteiger partial charge on any atom is -0.387 e. The number of nitrogens with zero attached hydrogens (tertiary/aromatic N) is 1. The molecule has 1 amide bonds. The molecule has 9 heteroatoms. The maximum atomic E-state index is 13.0. The maximum Gasteiger partial charge on any atom is 0.472 e. The molecule has 0 saturated carbocycles. The highest BCUT2D eigenvalue weighted by molar-refractivity contribution is 7.47. The molecule has 3 unspecified atom stereocenters. The molecule has 0 fully saturated rings. The van der Waals surface area contributed by atoms with E-state index in [-0.39, 0.29) is 19.1 Å². The third-order valence-electron chi connectivity index (χ3n) is 13.7. The van der Waals surface area contributed by atoms with E-state index in [1.54, 1.807) is 6.08 Å². The van der Waals surface area contributed by atoms with E-state index >= 15 is 0 Å². The fourth-order valence-corrected chi connectivity index (χ4v) is 9.72. The largest absolute Gasteiger partial charge is 0.472 e. The highest BCUT2D eigenvalue weighted by Gasteiger charge is 2.27. The minimum absolute atomic E-state index is 0.0629. The van der Waals surface area contributed by atoms with Crippen molar-refractivity contribution in [1.29, 1.82) is 0 Å². The van der Waals surface area contributed by atoms with Crippen molar-refractivity contribution in [2.45, 2.75) is 309 Å². The van der Waals surface area contributed by atoms with Crippen molar-refractivity contribution in [3.8, 4) is 0 Å². The molecule has 0 saturated heterocycles. The van der Waals surface area contributed by atoms with Gasteiger partial charge in [0.1, 0.15) is 13.2 Å². The number of unbranched alkanes of at least 4 members (excludes halogenated alkanes) is 40. The number of phosphoric acid groups is 1. The van der Waals surface area contributed by atoms with Crippen LogP contribution in [0.25, 0.3) is 0 Å². The van der Waals surface area contributed by atoms with Crippen LogP contribution in [0, 0.1) is 0 Å². The maximum absolute atomic E-state index is 13.0. The highest BCUT2D eigenvalue weighted by Crippen LogP contribution is 2.43. The van der Waals surface area contributed by atoms with E-state index in [9.17, 15) is 19.4 Å². The monoisotopic (exact) mass is 982 g/mol. The summed E-state index contributed by atoms with van der Waals surface area (Å²) in [6, 6.07) is -0.846. The Morgan fingerprint density at radius 1 is 0.485 bits per heavy atom. The molecule has 3 atom stereocenters. The minimum atomic E-state index is -4.35.